The first-order chi connectivity index (χ1) is 10.1. The fourth-order valence-electron chi connectivity index (χ4n) is 1.91. The molecule has 114 valence electrons. The van der Waals surface area contributed by atoms with Gasteiger partial charge < -0.3 is 9.64 Å². The van der Waals surface area contributed by atoms with Crippen molar-refractivity contribution in [3.05, 3.63) is 16.1 Å². The van der Waals surface area contributed by atoms with Crippen molar-refractivity contribution < 1.29 is 9.53 Å². The van der Waals surface area contributed by atoms with E-state index in [0.29, 0.717) is 33.5 Å². The van der Waals surface area contributed by atoms with Crippen LogP contribution in [0.25, 0.3) is 10.2 Å². The van der Waals surface area contributed by atoms with Gasteiger partial charge in [-0.3, -0.25) is 0 Å². The molecule has 2 rings (SSSR count). The minimum Gasteiger partial charge on any atom is -0.462 e. The summed E-state index contributed by atoms with van der Waals surface area (Å²) in [6.07, 6.45) is 2.17. The molecule has 2 aromatic rings. The Morgan fingerprint density at radius 3 is 2.86 bits per heavy atom. The zero-order valence-corrected chi connectivity index (χ0v) is 13.9. The minimum absolute atomic E-state index is 0.294. The van der Waals surface area contributed by atoms with Gasteiger partial charge in [0.05, 0.1) is 17.6 Å². The number of ether oxygens (including phenoxy) is 1. The average Bonchev–Trinajstić information content (AvgIpc) is 2.89. The Bertz CT molecular complexity index is 644. The number of fused-ring (bicyclic) bond motifs is 1. The van der Waals surface area contributed by atoms with Crippen molar-refractivity contribution in [3.8, 4) is 0 Å². The lowest BCUT2D eigenvalue weighted by atomic mass is 10.2. The van der Waals surface area contributed by atoms with E-state index in [-0.39, 0.29) is 5.97 Å². The van der Waals surface area contributed by atoms with Crippen LogP contribution < -0.4 is 4.90 Å². The summed E-state index contributed by atoms with van der Waals surface area (Å²) >= 11 is 7.63. The SMILES string of the molecule is CCCCN(C)c1nc(Cl)c2c(C(=O)OCC)csc2n1. The first kappa shape index (κ1) is 16.0. The summed E-state index contributed by atoms with van der Waals surface area (Å²) in [4.78, 5) is 23.4. The fraction of sp³-hybridized carbons (Fsp3) is 0.500. The second-order valence-corrected chi connectivity index (χ2v) is 5.86. The topological polar surface area (TPSA) is 55.3 Å². The number of aromatic nitrogens is 2. The van der Waals surface area contributed by atoms with Crippen molar-refractivity contribution in [2.45, 2.75) is 26.7 Å². The summed E-state index contributed by atoms with van der Waals surface area (Å²) in [5.41, 5.74) is 0.435. The number of thiophene rings is 1. The number of anilines is 1. The van der Waals surface area contributed by atoms with E-state index in [1.54, 1.807) is 12.3 Å². The van der Waals surface area contributed by atoms with E-state index >= 15 is 0 Å². The summed E-state index contributed by atoms with van der Waals surface area (Å²) in [6.45, 7) is 5.10. The third-order valence-corrected chi connectivity index (χ3v) is 4.21. The van der Waals surface area contributed by atoms with Crippen LogP contribution in [0.4, 0.5) is 5.95 Å². The lowest BCUT2D eigenvalue weighted by Crippen LogP contribution is -2.20. The van der Waals surface area contributed by atoms with Crippen LogP contribution in [-0.4, -0.2) is 36.1 Å². The van der Waals surface area contributed by atoms with Gasteiger partial charge in [0.1, 0.15) is 9.98 Å². The molecule has 5 nitrogen and oxygen atoms in total. The number of carbonyl (C=O) groups is 1. The van der Waals surface area contributed by atoms with Crippen molar-refractivity contribution in [2.75, 3.05) is 25.1 Å². The molecule has 0 unspecified atom stereocenters. The molecule has 0 aliphatic rings. The van der Waals surface area contributed by atoms with Crippen LogP contribution in [0.5, 0.6) is 0 Å². The molecular formula is C14H18ClN3O2S. The number of carbonyl (C=O) groups excluding carboxylic acids is 1. The van der Waals surface area contributed by atoms with E-state index < -0.39 is 0 Å². The maximum Gasteiger partial charge on any atom is 0.339 e. The largest absolute Gasteiger partial charge is 0.462 e. The van der Waals surface area contributed by atoms with Crippen LogP contribution in [0.1, 0.15) is 37.0 Å². The summed E-state index contributed by atoms with van der Waals surface area (Å²) in [7, 11) is 1.94. The number of hydrogen-bond donors (Lipinski definition) is 0. The molecule has 21 heavy (non-hydrogen) atoms. The molecule has 7 heteroatoms. The maximum absolute atomic E-state index is 11.9. The van der Waals surface area contributed by atoms with E-state index in [1.165, 1.54) is 11.3 Å². The molecule has 0 atom stereocenters. The minimum atomic E-state index is -0.388. The van der Waals surface area contributed by atoms with Gasteiger partial charge in [0, 0.05) is 19.0 Å². The van der Waals surface area contributed by atoms with Gasteiger partial charge in [-0.05, 0) is 13.3 Å². The standard InChI is InChI=1S/C14H18ClN3O2S/c1-4-6-7-18(3)14-16-11(15)10-9(13(19)20-5-2)8-21-12(10)17-14/h8H,4-7H2,1-3H3. The predicted molar refractivity (Wildman–Crippen MR) is 86.6 cm³/mol. The quantitative estimate of drug-likeness (QED) is 0.597. The van der Waals surface area contributed by atoms with E-state index in [0.717, 1.165) is 19.4 Å². The van der Waals surface area contributed by atoms with Gasteiger partial charge in [-0.25, -0.2) is 14.8 Å². The van der Waals surface area contributed by atoms with Crippen molar-refractivity contribution in [2.24, 2.45) is 0 Å². The Kier molecular flexibility index (Phi) is 5.36. The van der Waals surface area contributed by atoms with Crippen molar-refractivity contribution in [1.82, 2.24) is 9.97 Å². The molecule has 0 spiro atoms. The first-order valence-electron chi connectivity index (χ1n) is 6.91. The van der Waals surface area contributed by atoms with Crippen LogP contribution in [-0.2, 0) is 4.74 Å². The van der Waals surface area contributed by atoms with Gasteiger partial charge in [0.25, 0.3) is 0 Å². The van der Waals surface area contributed by atoms with E-state index in [2.05, 4.69) is 16.9 Å². The third kappa shape index (κ3) is 3.44. The van der Waals surface area contributed by atoms with Crippen LogP contribution in [0.15, 0.2) is 5.38 Å². The average molecular weight is 328 g/mol. The Balaban J connectivity index is 2.37. The summed E-state index contributed by atoms with van der Waals surface area (Å²) < 4.78 is 5.02. The van der Waals surface area contributed by atoms with Crippen LogP contribution in [0.3, 0.4) is 0 Å². The predicted octanol–water partition coefficient (Wildman–Crippen LogP) is 3.76. The molecule has 0 aromatic carbocycles. The van der Waals surface area contributed by atoms with Crippen molar-refractivity contribution in [3.63, 3.8) is 0 Å². The van der Waals surface area contributed by atoms with Gasteiger partial charge >= 0.3 is 5.97 Å². The molecule has 0 saturated heterocycles. The summed E-state index contributed by atoms with van der Waals surface area (Å²) in [5.74, 6) is 0.194. The van der Waals surface area contributed by atoms with E-state index in [1.807, 2.05) is 11.9 Å². The molecule has 0 bridgehead atoms. The van der Waals surface area contributed by atoms with Gasteiger partial charge in [0.2, 0.25) is 5.95 Å². The number of halogens is 1. The number of esters is 1. The van der Waals surface area contributed by atoms with Crippen LogP contribution in [0, 0.1) is 0 Å². The highest BCUT2D eigenvalue weighted by Crippen LogP contribution is 2.31. The van der Waals surface area contributed by atoms with Gasteiger partial charge in [-0.2, -0.15) is 0 Å². The normalized spacial score (nSPS) is 10.9. The van der Waals surface area contributed by atoms with E-state index in [4.69, 9.17) is 16.3 Å². The smallest absolute Gasteiger partial charge is 0.339 e. The maximum atomic E-state index is 11.9. The molecule has 0 saturated carbocycles. The monoisotopic (exact) mass is 327 g/mol. The Morgan fingerprint density at radius 2 is 2.19 bits per heavy atom. The lowest BCUT2D eigenvalue weighted by molar-refractivity contribution is 0.0529. The van der Waals surface area contributed by atoms with Gasteiger partial charge in [-0.1, -0.05) is 24.9 Å². The number of nitrogens with zero attached hydrogens (tertiary/aromatic N) is 3. The van der Waals surface area contributed by atoms with Crippen molar-refractivity contribution in [1.29, 1.82) is 0 Å². The zero-order valence-electron chi connectivity index (χ0n) is 12.4. The molecule has 0 N–H and O–H groups in total. The second kappa shape index (κ2) is 7.04. The van der Waals surface area contributed by atoms with Gasteiger partial charge in [-0.15, -0.1) is 11.3 Å². The molecule has 0 aliphatic heterocycles. The number of hydrogen-bond acceptors (Lipinski definition) is 6. The highest BCUT2D eigenvalue weighted by Gasteiger charge is 2.19. The number of unbranched alkanes of at least 4 members (excludes halogenated alkanes) is 1. The molecule has 0 radical (unpaired) electrons. The van der Waals surface area contributed by atoms with Gasteiger partial charge in [0.15, 0.2) is 0 Å². The second-order valence-electron chi connectivity index (χ2n) is 4.64. The first-order valence-corrected chi connectivity index (χ1v) is 8.17. The summed E-state index contributed by atoms with van der Waals surface area (Å²) in [5, 5.41) is 2.59. The van der Waals surface area contributed by atoms with E-state index in [9.17, 15) is 4.79 Å². The van der Waals surface area contributed by atoms with Crippen LogP contribution in [0.2, 0.25) is 5.15 Å². The number of rotatable bonds is 6. The Hall–Kier alpha value is -1.40. The molecule has 0 fully saturated rings. The fourth-order valence-corrected chi connectivity index (χ4v) is 3.14. The highest BCUT2D eigenvalue weighted by atomic mass is 35.5. The molecule has 0 aliphatic carbocycles. The highest BCUT2D eigenvalue weighted by molar-refractivity contribution is 7.17. The molecule has 2 aromatic heterocycles. The van der Waals surface area contributed by atoms with Crippen molar-refractivity contribution >= 4 is 45.1 Å². The lowest BCUT2D eigenvalue weighted by Gasteiger charge is -2.16. The molecule has 2 heterocycles. The summed E-state index contributed by atoms with van der Waals surface area (Å²) in [6, 6.07) is 0. The Morgan fingerprint density at radius 1 is 1.43 bits per heavy atom. The zero-order chi connectivity index (χ0) is 15.4. The third-order valence-electron chi connectivity index (χ3n) is 3.06. The molecule has 0 amide bonds. The Labute approximate surface area is 132 Å². The molecular weight excluding hydrogens is 310 g/mol. The van der Waals surface area contributed by atoms with Crippen LogP contribution >= 0.6 is 22.9 Å².